The minimum Gasteiger partial charge on any atom is -0.351 e. The van der Waals surface area contributed by atoms with Gasteiger partial charge in [0.2, 0.25) is 0 Å². The van der Waals surface area contributed by atoms with Crippen LogP contribution in [0.15, 0.2) is 24.7 Å². The van der Waals surface area contributed by atoms with E-state index < -0.39 is 0 Å². The molecule has 1 amide bonds. The molecule has 0 unspecified atom stereocenters. The maximum Gasteiger partial charge on any atom is 0.269 e. The molecule has 0 atom stereocenters. The maximum absolute atomic E-state index is 12.0. The SMILES string of the molecule is CCCCNC(=O)c1cc(-c2cnn(C)c2)c(C)cn1. The third-order valence-corrected chi connectivity index (χ3v) is 3.17. The lowest BCUT2D eigenvalue weighted by molar-refractivity contribution is 0.0948. The Hall–Kier alpha value is -2.17. The summed E-state index contributed by atoms with van der Waals surface area (Å²) in [4.78, 5) is 16.2. The fourth-order valence-corrected chi connectivity index (χ4v) is 1.99. The number of hydrogen-bond donors (Lipinski definition) is 1. The molecule has 5 nitrogen and oxygen atoms in total. The average molecular weight is 272 g/mol. The van der Waals surface area contributed by atoms with E-state index in [-0.39, 0.29) is 5.91 Å². The number of pyridine rings is 1. The summed E-state index contributed by atoms with van der Waals surface area (Å²) in [6, 6.07) is 1.83. The van der Waals surface area contributed by atoms with Crippen LogP contribution in [-0.2, 0) is 7.05 Å². The first-order valence-electron chi connectivity index (χ1n) is 6.85. The highest BCUT2D eigenvalue weighted by molar-refractivity contribution is 5.93. The second kappa shape index (κ2) is 6.32. The molecule has 1 N–H and O–H groups in total. The summed E-state index contributed by atoms with van der Waals surface area (Å²) in [5.74, 6) is -0.122. The van der Waals surface area contributed by atoms with Crippen molar-refractivity contribution in [2.24, 2.45) is 7.05 Å². The summed E-state index contributed by atoms with van der Waals surface area (Å²) in [5.41, 5.74) is 3.47. The van der Waals surface area contributed by atoms with Crippen LogP contribution in [0.1, 0.15) is 35.8 Å². The molecule has 0 bridgehead atoms. The van der Waals surface area contributed by atoms with E-state index in [0.717, 1.165) is 29.5 Å². The van der Waals surface area contributed by atoms with E-state index in [4.69, 9.17) is 0 Å². The lowest BCUT2D eigenvalue weighted by atomic mass is 10.0. The predicted octanol–water partition coefficient (Wildman–Crippen LogP) is 2.32. The van der Waals surface area contributed by atoms with Crippen LogP contribution in [-0.4, -0.2) is 27.2 Å². The van der Waals surface area contributed by atoms with Gasteiger partial charge in [-0.15, -0.1) is 0 Å². The van der Waals surface area contributed by atoms with E-state index in [9.17, 15) is 4.79 Å². The van der Waals surface area contributed by atoms with Crippen molar-refractivity contribution in [3.8, 4) is 11.1 Å². The van der Waals surface area contributed by atoms with Crippen molar-refractivity contribution in [1.82, 2.24) is 20.1 Å². The minimum atomic E-state index is -0.122. The third-order valence-electron chi connectivity index (χ3n) is 3.17. The van der Waals surface area contributed by atoms with E-state index in [0.29, 0.717) is 12.2 Å². The minimum absolute atomic E-state index is 0.122. The largest absolute Gasteiger partial charge is 0.351 e. The van der Waals surface area contributed by atoms with Gasteiger partial charge < -0.3 is 5.32 Å². The Morgan fingerprint density at radius 2 is 2.20 bits per heavy atom. The molecule has 2 heterocycles. The van der Waals surface area contributed by atoms with Crippen LogP contribution >= 0.6 is 0 Å². The first kappa shape index (κ1) is 14.2. The van der Waals surface area contributed by atoms with Gasteiger partial charge >= 0.3 is 0 Å². The Morgan fingerprint density at radius 1 is 1.40 bits per heavy atom. The Morgan fingerprint density at radius 3 is 2.85 bits per heavy atom. The third kappa shape index (κ3) is 3.23. The van der Waals surface area contributed by atoms with E-state index in [1.54, 1.807) is 17.1 Å². The number of carbonyl (C=O) groups is 1. The number of nitrogens with one attached hydrogen (secondary N) is 1. The number of aromatic nitrogens is 3. The van der Waals surface area contributed by atoms with Gasteiger partial charge in [-0.3, -0.25) is 14.5 Å². The Bertz CT molecular complexity index is 604. The van der Waals surface area contributed by atoms with Crippen molar-refractivity contribution < 1.29 is 4.79 Å². The number of rotatable bonds is 5. The first-order valence-corrected chi connectivity index (χ1v) is 6.85. The summed E-state index contributed by atoms with van der Waals surface area (Å²) < 4.78 is 1.75. The fourth-order valence-electron chi connectivity index (χ4n) is 1.99. The second-order valence-electron chi connectivity index (χ2n) is 4.90. The summed E-state index contributed by atoms with van der Waals surface area (Å²) in [6.45, 7) is 4.76. The number of amides is 1. The number of aryl methyl sites for hydroxylation is 2. The predicted molar refractivity (Wildman–Crippen MR) is 78.4 cm³/mol. The van der Waals surface area contributed by atoms with Gasteiger partial charge in [0.15, 0.2) is 0 Å². The van der Waals surface area contributed by atoms with Gasteiger partial charge in [0.05, 0.1) is 6.20 Å². The first-order chi connectivity index (χ1) is 9.61. The topological polar surface area (TPSA) is 59.8 Å². The summed E-state index contributed by atoms with van der Waals surface area (Å²) in [7, 11) is 1.87. The molecule has 0 saturated carbocycles. The average Bonchev–Trinajstić information content (AvgIpc) is 2.86. The van der Waals surface area contributed by atoms with Gasteiger partial charge in [0.25, 0.3) is 5.91 Å². The summed E-state index contributed by atoms with van der Waals surface area (Å²) in [5, 5.41) is 7.05. The molecule has 5 heteroatoms. The molecule has 0 aliphatic heterocycles. The van der Waals surface area contributed by atoms with E-state index in [1.165, 1.54) is 0 Å². The van der Waals surface area contributed by atoms with Crippen molar-refractivity contribution in [3.05, 3.63) is 35.9 Å². The van der Waals surface area contributed by atoms with Crippen LogP contribution in [0.2, 0.25) is 0 Å². The standard InChI is InChI=1S/C15H20N4O/c1-4-5-6-16-15(20)14-7-13(11(2)8-17-14)12-9-18-19(3)10-12/h7-10H,4-6H2,1-3H3,(H,16,20). The molecule has 0 aliphatic carbocycles. The molecule has 0 fully saturated rings. The van der Waals surface area contributed by atoms with Crippen molar-refractivity contribution in [3.63, 3.8) is 0 Å². The van der Waals surface area contributed by atoms with Gasteiger partial charge in [-0.05, 0) is 30.5 Å². The van der Waals surface area contributed by atoms with E-state index in [1.807, 2.05) is 26.2 Å². The molecule has 2 rings (SSSR count). The lowest BCUT2D eigenvalue weighted by Gasteiger charge is -2.07. The van der Waals surface area contributed by atoms with Gasteiger partial charge in [0, 0.05) is 31.5 Å². The molecule has 2 aromatic heterocycles. The Kier molecular flexibility index (Phi) is 4.50. The Balaban J connectivity index is 2.22. The second-order valence-corrected chi connectivity index (χ2v) is 4.90. The summed E-state index contributed by atoms with van der Waals surface area (Å²) >= 11 is 0. The lowest BCUT2D eigenvalue weighted by Crippen LogP contribution is -2.25. The number of nitrogens with zero attached hydrogens (tertiary/aromatic N) is 3. The highest BCUT2D eigenvalue weighted by Crippen LogP contribution is 2.22. The zero-order chi connectivity index (χ0) is 14.5. The van der Waals surface area contributed by atoms with Gasteiger partial charge in [-0.1, -0.05) is 13.3 Å². The molecule has 0 saturated heterocycles. The monoisotopic (exact) mass is 272 g/mol. The quantitative estimate of drug-likeness (QED) is 0.850. The van der Waals surface area contributed by atoms with Crippen LogP contribution in [0.4, 0.5) is 0 Å². The van der Waals surface area contributed by atoms with Crippen LogP contribution in [0.5, 0.6) is 0 Å². The van der Waals surface area contributed by atoms with E-state index >= 15 is 0 Å². The van der Waals surface area contributed by atoms with Crippen LogP contribution in [0, 0.1) is 6.92 Å². The molecule has 0 aromatic carbocycles. The molecule has 20 heavy (non-hydrogen) atoms. The van der Waals surface area contributed by atoms with E-state index in [2.05, 4.69) is 22.3 Å². The Labute approximate surface area is 119 Å². The van der Waals surface area contributed by atoms with Crippen molar-refractivity contribution in [2.45, 2.75) is 26.7 Å². The normalized spacial score (nSPS) is 10.6. The molecule has 0 aliphatic rings. The highest BCUT2D eigenvalue weighted by atomic mass is 16.1. The fraction of sp³-hybridized carbons (Fsp3) is 0.400. The number of unbranched alkanes of at least 4 members (excludes halogenated alkanes) is 1. The van der Waals surface area contributed by atoms with Gasteiger partial charge in [0.1, 0.15) is 5.69 Å². The van der Waals surface area contributed by atoms with Crippen LogP contribution < -0.4 is 5.32 Å². The van der Waals surface area contributed by atoms with Crippen molar-refractivity contribution in [1.29, 1.82) is 0 Å². The van der Waals surface area contributed by atoms with Crippen molar-refractivity contribution >= 4 is 5.91 Å². The molecule has 0 spiro atoms. The molecular formula is C15H20N4O. The zero-order valence-electron chi connectivity index (χ0n) is 12.2. The van der Waals surface area contributed by atoms with Gasteiger partial charge in [-0.25, -0.2) is 0 Å². The van der Waals surface area contributed by atoms with Crippen LogP contribution in [0.3, 0.4) is 0 Å². The smallest absolute Gasteiger partial charge is 0.269 e. The van der Waals surface area contributed by atoms with Crippen molar-refractivity contribution in [2.75, 3.05) is 6.54 Å². The number of hydrogen-bond acceptors (Lipinski definition) is 3. The molecule has 106 valence electrons. The highest BCUT2D eigenvalue weighted by Gasteiger charge is 2.11. The molecule has 0 radical (unpaired) electrons. The zero-order valence-corrected chi connectivity index (χ0v) is 12.2. The van der Waals surface area contributed by atoms with Crippen LogP contribution in [0.25, 0.3) is 11.1 Å². The summed E-state index contributed by atoms with van der Waals surface area (Å²) in [6.07, 6.45) is 7.49. The van der Waals surface area contributed by atoms with Gasteiger partial charge in [-0.2, -0.15) is 5.10 Å². The molecule has 2 aromatic rings. The maximum atomic E-state index is 12.0. The molecular weight excluding hydrogens is 252 g/mol. The number of carbonyl (C=O) groups excluding carboxylic acids is 1.